The Labute approximate surface area is 113 Å². The molecule has 1 aromatic rings. The van der Waals surface area contributed by atoms with Crippen LogP contribution in [0.15, 0.2) is 24.3 Å². The quantitative estimate of drug-likeness (QED) is 0.887. The molecule has 0 fully saturated rings. The summed E-state index contributed by atoms with van der Waals surface area (Å²) in [4.78, 5) is 0. The van der Waals surface area contributed by atoms with Crippen LogP contribution in [0.3, 0.4) is 0 Å². The van der Waals surface area contributed by atoms with Gasteiger partial charge in [-0.1, -0.05) is 45.0 Å². The van der Waals surface area contributed by atoms with Crippen molar-refractivity contribution < 1.29 is 4.21 Å². The maximum atomic E-state index is 12.5. The molecule has 0 aromatic heterocycles. The highest BCUT2D eigenvalue weighted by Crippen LogP contribution is 2.35. The zero-order chi connectivity index (χ0) is 13.1. The van der Waals surface area contributed by atoms with E-state index in [0.717, 1.165) is 19.4 Å². The van der Waals surface area contributed by atoms with Crippen molar-refractivity contribution in [3.05, 3.63) is 35.4 Å². The van der Waals surface area contributed by atoms with Crippen molar-refractivity contribution in [2.45, 2.75) is 50.2 Å². The van der Waals surface area contributed by atoms with E-state index in [1.54, 1.807) is 0 Å². The molecule has 1 aromatic carbocycles. The molecule has 3 unspecified atom stereocenters. The first-order chi connectivity index (χ1) is 8.65. The van der Waals surface area contributed by atoms with Crippen LogP contribution in [0.4, 0.5) is 0 Å². The molecule has 1 aliphatic rings. The van der Waals surface area contributed by atoms with E-state index in [9.17, 15) is 4.21 Å². The average molecular weight is 265 g/mol. The molecule has 0 aliphatic heterocycles. The van der Waals surface area contributed by atoms with Gasteiger partial charge in [0.25, 0.3) is 0 Å². The minimum absolute atomic E-state index is 0.231. The molecule has 100 valence electrons. The van der Waals surface area contributed by atoms with Crippen molar-refractivity contribution >= 4 is 10.8 Å². The number of fused-ring (bicyclic) bond motifs is 1. The molecular formula is C15H23NOS. The summed E-state index contributed by atoms with van der Waals surface area (Å²) in [5, 5.41) is 4.04. The molecule has 0 saturated heterocycles. The van der Waals surface area contributed by atoms with E-state index in [-0.39, 0.29) is 16.5 Å². The molecule has 3 heteroatoms. The molecule has 0 heterocycles. The third kappa shape index (κ3) is 2.67. The van der Waals surface area contributed by atoms with E-state index >= 15 is 0 Å². The highest BCUT2D eigenvalue weighted by Gasteiger charge is 2.36. The Bertz CT molecular complexity index is 430. The lowest BCUT2D eigenvalue weighted by Gasteiger charge is -2.23. The van der Waals surface area contributed by atoms with Crippen LogP contribution in [0.2, 0.25) is 0 Å². The van der Waals surface area contributed by atoms with Crippen LogP contribution in [0.25, 0.3) is 0 Å². The molecule has 0 radical (unpaired) electrons. The first kappa shape index (κ1) is 13.8. The van der Waals surface area contributed by atoms with E-state index in [2.05, 4.69) is 50.4 Å². The third-order valence-corrected chi connectivity index (χ3v) is 5.53. The van der Waals surface area contributed by atoms with Gasteiger partial charge in [0.2, 0.25) is 0 Å². The van der Waals surface area contributed by atoms with Gasteiger partial charge in [0.1, 0.15) is 0 Å². The second kappa shape index (κ2) is 5.98. The van der Waals surface area contributed by atoms with Crippen LogP contribution in [-0.2, 0) is 17.2 Å². The van der Waals surface area contributed by atoms with Crippen LogP contribution in [0, 0.1) is 0 Å². The van der Waals surface area contributed by atoms with Gasteiger partial charge in [-0.3, -0.25) is 4.21 Å². The van der Waals surface area contributed by atoms with Gasteiger partial charge < -0.3 is 5.32 Å². The van der Waals surface area contributed by atoms with Gasteiger partial charge in [-0.15, -0.1) is 0 Å². The minimum atomic E-state index is -0.769. The monoisotopic (exact) mass is 265 g/mol. The molecule has 2 rings (SSSR count). The third-order valence-electron chi connectivity index (χ3n) is 3.56. The predicted octanol–water partition coefficient (Wildman–Crippen LogP) is 2.81. The lowest BCUT2D eigenvalue weighted by Crippen LogP contribution is -2.35. The SMILES string of the molecule is CCCNC1c2ccccc2CC1S(=O)C(C)C. The van der Waals surface area contributed by atoms with Crippen LogP contribution < -0.4 is 5.32 Å². The first-order valence-electron chi connectivity index (χ1n) is 6.85. The number of rotatable bonds is 5. The highest BCUT2D eigenvalue weighted by molar-refractivity contribution is 7.86. The zero-order valence-corrected chi connectivity index (χ0v) is 12.3. The minimum Gasteiger partial charge on any atom is -0.309 e. The number of hydrogen-bond donors (Lipinski definition) is 1. The van der Waals surface area contributed by atoms with Crippen molar-refractivity contribution in [3.63, 3.8) is 0 Å². The lowest BCUT2D eigenvalue weighted by molar-refractivity contribution is 0.526. The van der Waals surface area contributed by atoms with E-state index < -0.39 is 10.8 Å². The van der Waals surface area contributed by atoms with Gasteiger partial charge in [0.05, 0.1) is 5.25 Å². The maximum Gasteiger partial charge on any atom is 0.0585 e. The summed E-state index contributed by atoms with van der Waals surface area (Å²) in [6.45, 7) is 7.26. The van der Waals surface area contributed by atoms with Gasteiger partial charge in [-0.05, 0) is 30.5 Å². The van der Waals surface area contributed by atoms with Gasteiger partial charge in [-0.2, -0.15) is 0 Å². The molecule has 2 nitrogen and oxygen atoms in total. The fourth-order valence-corrected chi connectivity index (χ4v) is 4.22. The summed E-state index contributed by atoms with van der Waals surface area (Å²) in [6.07, 6.45) is 2.06. The zero-order valence-electron chi connectivity index (χ0n) is 11.5. The summed E-state index contributed by atoms with van der Waals surface area (Å²) in [7, 11) is -0.769. The van der Waals surface area contributed by atoms with Crippen molar-refractivity contribution in [2.24, 2.45) is 0 Å². The lowest BCUT2D eigenvalue weighted by atomic mass is 10.1. The molecule has 1 N–H and O–H groups in total. The molecular weight excluding hydrogens is 242 g/mol. The van der Waals surface area contributed by atoms with Crippen molar-refractivity contribution in [1.82, 2.24) is 5.32 Å². The van der Waals surface area contributed by atoms with Crippen LogP contribution in [0.5, 0.6) is 0 Å². The van der Waals surface area contributed by atoms with Gasteiger partial charge in [0.15, 0.2) is 0 Å². The number of hydrogen-bond acceptors (Lipinski definition) is 2. The normalized spacial score (nSPS) is 24.2. The number of benzene rings is 1. The second-order valence-corrected chi connectivity index (χ2v) is 7.46. The Morgan fingerprint density at radius 2 is 2.11 bits per heavy atom. The second-order valence-electron chi connectivity index (χ2n) is 5.25. The molecule has 0 bridgehead atoms. The topological polar surface area (TPSA) is 29.1 Å². The highest BCUT2D eigenvalue weighted by atomic mass is 32.2. The summed E-state index contributed by atoms with van der Waals surface area (Å²) in [6, 6.07) is 8.79. The maximum absolute atomic E-state index is 12.5. The van der Waals surface area contributed by atoms with Gasteiger partial charge in [-0.25, -0.2) is 0 Å². The summed E-state index contributed by atoms with van der Waals surface area (Å²) in [5.41, 5.74) is 2.72. The Morgan fingerprint density at radius 1 is 1.39 bits per heavy atom. The van der Waals surface area contributed by atoms with E-state index in [4.69, 9.17) is 0 Å². The molecule has 18 heavy (non-hydrogen) atoms. The Kier molecular flexibility index (Phi) is 4.57. The summed E-state index contributed by atoms with van der Waals surface area (Å²) < 4.78 is 12.5. The molecule has 0 saturated carbocycles. The van der Waals surface area contributed by atoms with Crippen LogP contribution >= 0.6 is 0 Å². The van der Waals surface area contributed by atoms with E-state index in [1.165, 1.54) is 11.1 Å². The van der Waals surface area contributed by atoms with Crippen molar-refractivity contribution in [1.29, 1.82) is 0 Å². The fraction of sp³-hybridized carbons (Fsp3) is 0.600. The summed E-state index contributed by atoms with van der Waals surface area (Å²) >= 11 is 0. The molecule has 1 aliphatic carbocycles. The average Bonchev–Trinajstić information content (AvgIpc) is 2.73. The largest absolute Gasteiger partial charge is 0.309 e. The molecule has 0 amide bonds. The summed E-state index contributed by atoms with van der Waals surface area (Å²) in [5.74, 6) is 0. The van der Waals surface area contributed by atoms with Crippen molar-refractivity contribution in [2.75, 3.05) is 6.54 Å². The smallest absolute Gasteiger partial charge is 0.0585 e. The van der Waals surface area contributed by atoms with Gasteiger partial charge in [0, 0.05) is 22.1 Å². The van der Waals surface area contributed by atoms with E-state index in [0.29, 0.717) is 0 Å². The van der Waals surface area contributed by atoms with Crippen LogP contribution in [0.1, 0.15) is 44.4 Å². The van der Waals surface area contributed by atoms with Crippen LogP contribution in [-0.4, -0.2) is 21.3 Å². The first-order valence-corrected chi connectivity index (χ1v) is 8.13. The van der Waals surface area contributed by atoms with E-state index in [1.807, 2.05) is 0 Å². The Morgan fingerprint density at radius 3 is 2.78 bits per heavy atom. The Balaban J connectivity index is 2.24. The van der Waals surface area contributed by atoms with Crippen molar-refractivity contribution in [3.8, 4) is 0 Å². The molecule has 0 spiro atoms. The predicted molar refractivity (Wildman–Crippen MR) is 78.2 cm³/mol. The Hall–Kier alpha value is -0.670. The fourth-order valence-electron chi connectivity index (χ4n) is 2.67. The molecule has 3 atom stereocenters. The number of nitrogens with one attached hydrogen (secondary N) is 1. The van der Waals surface area contributed by atoms with Gasteiger partial charge >= 0.3 is 0 Å². The standard InChI is InChI=1S/C15H23NOS/c1-4-9-16-15-13-8-6-5-7-12(13)10-14(15)18(17)11(2)3/h5-8,11,14-16H,4,9-10H2,1-3H3.